The Morgan fingerprint density at radius 1 is 1.19 bits per heavy atom. The van der Waals surface area contributed by atoms with Crippen LogP contribution < -0.4 is 10.1 Å². The second kappa shape index (κ2) is 7.49. The van der Waals surface area contributed by atoms with Gasteiger partial charge in [-0.2, -0.15) is 0 Å². The van der Waals surface area contributed by atoms with E-state index in [0.717, 1.165) is 0 Å². The zero-order valence-electron chi connectivity index (χ0n) is 14.0. The lowest BCUT2D eigenvalue weighted by Gasteiger charge is -2.07. The maximum absolute atomic E-state index is 12.4. The van der Waals surface area contributed by atoms with Gasteiger partial charge in [-0.25, -0.2) is 4.79 Å². The minimum Gasteiger partial charge on any atom is -0.494 e. The van der Waals surface area contributed by atoms with Gasteiger partial charge in [0.05, 0.1) is 13.0 Å². The van der Waals surface area contributed by atoms with E-state index in [-0.39, 0.29) is 18.0 Å². The SMILES string of the molecule is CCOc1ccc(NC(=O)Cc2c(C(=O)O)[nH]c3ccc(Cl)cc23)cc1. The van der Waals surface area contributed by atoms with Crippen molar-refractivity contribution in [3.63, 3.8) is 0 Å². The number of aromatic nitrogens is 1. The van der Waals surface area contributed by atoms with Crippen molar-refractivity contribution in [2.45, 2.75) is 13.3 Å². The predicted octanol–water partition coefficient (Wildman–Crippen LogP) is 4.10. The second-order valence-corrected chi connectivity index (χ2v) is 6.09. The average Bonchev–Trinajstić information content (AvgIpc) is 2.95. The lowest BCUT2D eigenvalue weighted by molar-refractivity contribution is -0.115. The van der Waals surface area contributed by atoms with Crippen LogP contribution in [0.5, 0.6) is 5.75 Å². The van der Waals surface area contributed by atoms with Crippen molar-refractivity contribution in [3.05, 3.63) is 58.7 Å². The van der Waals surface area contributed by atoms with Crippen LogP contribution in [-0.4, -0.2) is 28.6 Å². The van der Waals surface area contributed by atoms with Crippen LogP contribution in [0.1, 0.15) is 23.0 Å². The number of nitrogens with one attached hydrogen (secondary N) is 2. The molecule has 0 saturated carbocycles. The summed E-state index contributed by atoms with van der Waals surface area (Å²) < 4.78 is 5.36. The number of carboxylic acid groups (broad SMARTS) is 1. The number of fused-ring (bicyclic) bond motifs is 1. The van der Waals surface area contributed by atoms with Crippen molar-refractivity contribution in [3.8, 4) is 5.75 Å². The monoisotopic (exact) mass is 372 g/mol. The van der Waals surface area contributed by atoms with Gasteiger partial charge in [-0.1, -0.05) is 11.6 Å². The number of carbonyl (C=O) groups is 2. The van der Waals surface area contributed by atoms with Crippen molar-refractivity contribution in [2.75, 3.05) is 11.9 Å². The summed E-state index contributed by atoms with van der Waals surface area (Å²) in [7, 11) is 0. The third-order valence-electron chi connectivity index (χ3n) is 3.87. The van der Waals surface area contributed by atoms with Gasteiger partial charge in [0.25, 0.3) is 0 Å². The van der Waals surface area contributed by atoms with Gasteiger partial charge in [0.2, 0.25) is 5.91 Å². The lowest BCUT2D eigenvalue weighted by atomic mass is 10.1. The Kier molecular flexibility index (Phi) is 5.14. The number of carbonyl (C=O) groups excluding carboxylic acids is 1. The molecular weight excluding hydrogens is 356 g/mol. The highest BCUT2D eigenvalue weighted by molar-refractivity contribution is 6.31. The predicted molar refractivity (Wildman–Crippen MR) is 100 cm³/mol. The summed E-state index contributed by atoms with van der Waals surface area (Å²) >= 11 is 6.01. The molecule has 0 saturated heterocycles. The molecule has 0 aliphatic heterocycles. The van der Waals surface area contributed by atoms with Gasteiger partial charge >= 0.3 is 5.97 Å². The average molecular weight is 373 g/mol. The Morgan fingerprint density at radius 3 is 2.58 bits per heavy atom. The number of rotatable bonds is 6. The van der Waals surface area contributed by atoms with Gasteiger partial charge in [-0.15, -0.1) is 0 Å². The van der Waals surface area contributed by atoms with Crippen LogP contribution in [0.15, 0.2) is 42.5 Å². The first-order chi connectivity index (χ1) is 12.5. The molecule has 3 rings (SSSR count). The molecule has 0 atom stereocenters. The molecule has 1 aromatic heterocycles. The van der Waals surface area contributed by atoms with Crippen LogP contribution in [0, 0.1) is 0 Å². The van der Waals surface area contributed by atoms with E-state index >= 15 is 0 Å². The Bertz CT molecular complexity index is 964. The summed E-state index contributed by atoms with van der Waals surface area (Å²) in [4.78, 5) is 26.7. The first-order valence-corrected chi connectivity index (χ1v) is 8.42. The van der Waals surface area contributed by atoms with E-state index in [9.17, 15) is 14.7 Å². The topological polar surface area (TPSA) is 91.4 Å². The molecule has 1 amide bonds. The fraction of sp³-hybridized carbons (Fsp3) is 0.158. The number of aromatic amines is 1. The van der Waals surface area contributed by atoms with E-state index in [1.54, 1.807) is 42.5 Å². The fourth-order valence-corrected chi connectivity index (χ4v) is 2.93. The van der Waals surface area contributed by atoms with Crippen molar-refractivity contribution in [1.29, 1.82) is 0 Å². The van der Waals surface area contributed by atoms with Crippen molar-refractivity contribution in [2.24, 2.45) is 0 Å². The molecule has 3 aromatic rings. The van der Waals surface area contributed by atoms with Gasteiger partial charge < -0.3 is 20.1 Å². The third kappa shape index (κ3) is 3.81. The van der Waals surface area contributed by atoms with Crippen LogP contribution in [0.3, 0.4) is 0 Å². The highest BCUT2D eigenvalue weighted by Crippen LogP contribution is 2.26. The lowest BCUT2D eigenvalue weighted by Crippen LogP contribution is -2.16. The van der Waals surface area contributed by atoms with Crippen LogP contribution in [0.2, 0.25) is 5.02 Å². The molecule has 0 aliphatic rings. The van der Waals surface area contributed by atoms with E-state index in [0.29, 0.717) is 39.5 Å². The molecular formula is C19H17ClN2O4. The largest absolute Gasteiger partial charge is 0.494 e. The maximum atomic E-state index is 12.4. The Hall–Kier alpha value is -2.99. The smallest absolute Gasteiger partial charge is 0.352 e. The zero-order valence-corrected chi connectivity index (χ0v) is 14.8. The zero-order chi connectivity index (χ0) is 18.7. The van der Waals surface area contributed by atoms with Crippen LogP contribution in [-0.2, 0) is 11.2 Å². The Morgan fingerprint density at radius 2 is 1.92 bits per heavy atom. The first kappa shape index (κ1) is 17.8. The highest BCUT2D eigenvalue weighted by atomic mass is 35.5. The highest BCUT2D eigenvalue weighted by Gasteiger charge is 2.19. The number of anilines is 1. The van der Waals surface area contributed by atoms with Gasteiger partial charge in [0, 0.05) is 27.2 Å². The number of ether oxygens (including phenoxy) is 1. The van der Waals surface area contributed by atoms with Crippen molar-refractivity contribution >= 4 is 40.1 Å². The quantitative estimate of drug-likeness (QED) is 0.607. The number of benzene rings is 2. The van der Waals surface area contributed by atoms with E-state index in [1.807, 2.05) is 6.92 Å². The Balaban J connectivity index is 1.83. The van der Waals surface area contributed by atoms with Crippen molar-refractivity contribution < 1.29 is 19.4 Å². The molecule has 0 radical (unpaired) electrons. The summed E-state index contributed by atoms with van der Waals surface area (Å²) in [6.45, 7) is 2.45. The number of halogens is 1. The van der Waals surface area contributed by atoms with E-state index in [4.69, 9.17) is 16.3 Å². The molecule has 0 unspecified atom stereocenters. The molecule has 3 N–H and O–H groups in total. The molecule has 0 bridgehead atoms. The van der Waals surface area contributed by atoms with Gasteiger partial charge in [-0.05, 0) is 49.4 Å². The summed E-state index contributed by atoms with van der Waals surface area (Å²) in [5.74, 6) is -0.733. The summed E-state index contributed by atoms with van der Waals surface area (Å²) in [5, 5.41) is 13.3. The number of hydrogen-bond acceptors (Lipinski definition) is 3. The van der Waals surface area contributed by atoms with Crippen LogP contribution >= 0.6 is 11.6 Å². The van der Waals surface area contributed by atoms with Crippen LogP contribution in [0.25, 0.3) is 10.9 Å². The summed E-state index contributed by atoms with van der Waals surface area (Å²) in [6.07, 6.45) is -0.0881. The summed E-state index contributed by atoms with van der Waals surface area (Å²) in [6, 6.07) is 12.0. The number of aromatic carboxylic acids is 1. The van der Waals surface area contributed by atoms with Gasteiger partial charge in [-0.3, -0.25) is 4.79 Å². The molecule has 1 heterocycles. The van der Waals surface area contributed by atoms with E-state index in [1.165, 1.54) is 0 Å². The molecule has 26 heavy (non-hydrogen) atoms. The number of H-pyrrole nitrogens is 1. The molecule has 0 aliphatic carbocycles. The second-order valence-electron chi connectivity index (χ2n) is 5.66. The number of amides is 1. The summed E-state index contributed by atoms with van der Waals surface area (Å²) in [5.41, 5.74) is 1.62. The standard InChI is InChI=1S/C19H17ClN2O4/c1-2-26-13-6-4-12(5-7-13)21-17(23)10-15-14-9-11(20)3-8-16(14)22-18(15)19(24)25/h3-9,22H,2,10H2,1H3,(H,21,23)(H,24,25). The number of carboxylic acids is 1. The molecule has 0 spiro atoms. The first-order valence-electron chi connectivity index (χ1n) is 8.04. The van der Waals surface area contributed by atoms with Crippen molar-refractivity contribution in [1.82, 2.24) is 4.98 Å². The maximum Gasteiger partial charge on any atom is 0.352 e. The minimum absolute atomic E-state index is 0.0101. The molecule has 6 nitrogen and oxygen atoms in total. The normalized spacial score (nSPS) is 10.7. The molecule has 7 heteroatoms. The minimum atomic E-state index is -1.12. The van der Waals surface area contributed by atoms with Crippen LogP contribution in [0.4, 0.5) is 5.69 Å². The molecule has 134 valence electrons. The Labute approximate surface area is 154 Å². The van der Waals surface area contributed by atoms with E-state index < -0.39 is 5.97 Å². The molecule has 2 aromatic carbocycles. The molecule has 0 fully saturated rings. The van der Waals surface area contributed by atoms with E-state index in [2.05, 4.69) is 10.3 Å². The van der Waals surface area contributed by atoms with Gasteiger partial charge in [0.1, 0.15) is 11.4 Å². The third-order valence-corrected chi connectivity index (χ3v) is 4.10. The fourth-order valence-electron chi connectivity index (χ4n) is 2.75. The van der Waals surface area contributed by atoms with Gasteiger partial charge in [0.15, 0.2) is 0 Å². The number of hydrogen-bond donors (Lipinski definition) is 3.